The SMILES string of the molecule is CCC(C)Cc1ccc(CC(C)CC)c(CC(C)CC)c1. The Balaban J connectivity index is 2.95. The normalized spacial score (nSPS) is 15.7. The molecule has 0 radical (unpaired) electrons. The summed E-state index contributed by atoms with van der Waals surface area (Å²) >= 11 is 0. The van der Waals surface area contributed by atoms with Crippen molar-refractivity contribution in [1.82, 2.24) is 0 Å². The van der Waals surface area contributed by atoms with Crippen LogP contribution in [-0.2, 0) is 19.3 Å². The second kappa shape index (κ2) is 9.28. The van der Waals surface area contributed by atoms with Crippen LogP contribution >= 0.6 is 0 Å². The highest BCUT2D eigenvalue weighted by molar-refractivity contribution is 5.33. The Morgan fingerprint density at radius 3 is 1.67 bits per heavy atom. The number of rotatable bonds is 9. The highest BCUT2D eigenvalue weighted by Gasteiger charge is 2.11. The van der Waals surface area contributed by atoms with E-state index in [1.165, 1.54) is 44.1 Å². The summed E-state index contributed by atoms with van der Waals surface area (Å²) < 4.78 is 0. The lowest BCUT2D eigenvalue weighted by Crippen LogP contribution is -2.07. The first-order chi connectivity index (χ1) is 9.99. The first-order valence-corrected chi connectivity index (χ1v) is 9.10. The van der Waals surface area contributed by atoms with Crippen LogP contribution in [0.4, 0.5) is 0 Å². The average molecular weight is 289 g/mol. The molecule has 120 valence electrons. The molecule has 0 N–H and O–H groups in total. The van der Waals surface area contributed by atoms with Crippen molar-refractivity contribution in [3.8, 4) is 0 Å². The van der Waals surface area contributed by atoms with Gasteiger partial charge in [-0.3, -0.25) is 0 Å². The van der Waals surface area contributed by atoms with E-state index in [-0.39, 0.29) is 0 Å². The Bertz CT molecular complexity index is 404. The van der Waals surface area contributed by atoms with E-state index in [1.807, 2.05) is 0 Å². The minimum absolute atomic E-state index is 0.791. The van der Waals surface area contributed by atoms with Crippen LogP contribution in [-0.4, -0.2) is 0 Å². The van der Waals surface area contributed by atoms with Gasteiger partial charge in [0.2, 0.25) is 0 Å². The van der Waals surface area contributed by atoms with Crippen LogP contribution in [0.25, 0.3) is 0 Å². The predicted octanol–water partition coefficient (Wildman–Crippen LogP) is 6.45. The lowest BCUT2D eigenvalue weighted by Gasteiger charge is -2.18. The molecule has 0 saturated heterocycles. The Morgan fingerprint density at radius 2 is 1.14 bits per heavy atom. The summed E-state index contributed by atoms with van der Waals surface area (Å²) in [5.41, 5.74) is 4.75. The van der Waals surface area contributed by atoms with Crippen molar-refractivity contribution in [3.63, 3.8) is 0 Å². The van der Waals surface area contributed by atoms with Crippen LogP contribution in [0, 0.1) is 17.8 Å². The topological polar surface area (TPSA) is 0 Å². The summed E-state index contributed by atoms with van der Waals surface area (Å²) in [6, 6.07) is 7.31. The van der Waals surface area contributed by atoms with Gasteiger partial charge in [-0.05, 0) is 53.7 Å². The zero-order valence-electron chi connectivity index (χ0n) is 15.2. The smallest absolute Gasteiger partial charge is 0.0250 e. The molecule has 21 heavy (non-hydrogen) atoms. The van der Waals surface area contributed by atoms with Gasteiger partial charge in [-0.15, -0.1) is 0 Å². The second-order valence-electron chi connectivity index (χ2n) is 7.26. The van der Waals surface area contributed by atoms with Crippen LogP contribution < -0.4 is 0 Å². The summed E-state index contributed by atoms with van der Waals surface area (Å²) in [7, 11) is 0. The van der Waals surface area contributed by atoms with E-state index in [4.69, 9.17) is 0 Å². The minimum atomic E-state index is 0.791. The zero-order valence-corrected chi connectivity index (χ0v) is 15.2. The molecule has 0 spiro atoms. The largest absolute Gasteiger partial charge is 0.0651 e. The van der Waals surface area contributed by atoms with Gasteiger partial charge in [0.25, 0.3) is 0 Å². The molecule has 3 unspecified atom stereocenters. The zero-order chi connectivity index (χ0) is 15.8. The third-order valence-electron chi connectivity index (χ3n) is 5.08. The summed E-state index contributed by atoms with van der Waals surface area (Å²) in [5.74, 6) is 2.38. The Kier molecular flexibility index (Phi) is 8.07. The molecule has 0 saturated carbocycles. The molecular formula is C21H36. The molecule has 0 bridgehead atoms. The van der Waals surface area contributed by atoms with E-state index in [9.17, 15) is 0 Å². The fourth-order valence-corrected chi connectivity index (χ4v) is 2.78. The standard InChI is InChI=1S/C21H36/c1-7-16(4)12-19-10-11-20(13-17(5)8-2)21(15-19)14-18(6)9-3/h10-11,15-18H,7-9,12-14H2,1-6H3. The van der Waals surface area contributed by atoms with Gasteiger partial charge in [0.1, 0.15) is 0 Å². The molecular weight excluding hydrogens is 252 g/mol. The lowest BCUT2D eigenvalue weighted by molar-refractivity contribution is 0.534. The third kappa shape index (κ3) is 6.24. The molecule has 0 amide bonds. The van der Waals surface area contributed by atoms with Crippen molar-refractivity contribution in [3.05, 3.63) is 34.9 Å². The minimum Gasteiger partial charge on any atom is -0.0651 e. The highest BCUT2D eigenvalue weighted by atomic mass is 14.2. The number of hydrogen-bond acceptors (Lipinski definition) is 0. The molecule has 0 aromatic heterocycles. The fourth-order valence-electron chi connectivity index (χ4n) is 2.78. The van der Waals surface area contributed by atoms with E-state index >= 15 is 0 Å². The van der Waals surface area contributed by atoms with Gasteiger partial charge in [-0.25, -0.2) is 0 Å². The molecule has 1 rings (SSSR count). The summed E-state index contributed by atoms with van der Waals surface area (Å²) in [5, 5.41) is 0. The van der Waals surface area contributed by atoms with Gasteiger partial charge in [0.15, 0.2) is 0 Å². The molecule has 0 aliphatic heterocycles. The maximum absolute atomic E-state index is 2.51. The summed E-state index contributed by atoms with van der Waals surface area (Å²) in [6.45, 7) is 14.0. The van der Waals surface area contributed by atoms with Crippen LogP contribution in [0.1, 0.15) is 77.5 Å². The van der Waals surface area contributed by atoms with E-state index in [0.717, 1.165) is 17.8 Å². The highest BCUT2D eigenvalue weighted by Crippen LogP contribution is 2.23. The van der Waals surface area contributed by atoms with Crippen LogP contribution in [0.5, 0.6) is 0 Å². The van der Waals surface area contributed by atoms with Gasteiger partial charge in [-0.1, -0.05) is 79.0 Å². The van der Waals surface area contributed by atoms with Crippen LogP contribution in [0.3, 0.4) is 0 Å². The van der Waals surface area contributed by atoms with Gasteiger partial charge in [-0.2, -0.15) is 0 Å². The van der Waals surface area contributed by atoms with Crippen molar-refractivity contribution >= 4 is 0 Å². The van der Waals surface area contributed by atoms with Gasteiger partial charge >= 0.3 is 0 Å². The molecule has 0 heteroatoms. The Morgan fingerprint density at radius 1 is 0.667 bits per heavy atom. The van der Waals surface area contributed by atoms with Crippen molar-refractivity contribution in [2.75, 3.05) is 0 Å². The maximum Gasteiger partial charge on any atom is -0.0250 e. The number of benzene rings is 1. The van der Waals surface area contributed by atoms with Crippen molar-refractivity contribution in [1.29, 1.82) is 0 Å². The predicted molar refractivity (Wildman–Crippen MR) is 95.9 cm³/mol. The molecule has 0 fully saturated rings. The first kappa shape index (κ1) is 18.3. The second-order valence-corrected chi connectivity index (χ2v) is 7.26. The van der Waals surface area contributed by atoms with Crippen molar-refractivity contribution in [2.24, 2.45) is 17.8 Å². The van der Waals surface area contributed by atoms with Crippen LogP contribution in [0.2, 0.25) is 0 Å². The van der Waals surface area contributed by atoms with E-state index < -0.39 is 0 Å². The maximum atomic E-state index is 2.51. The quantitative estimate of drug-likeness (QED) is 0.489. The van der Waals surface area contributed by atoms with Gasteiger partial charge < -0.3 is 0 Å². The summed E-state index contributed by atoms with van der Waals surface area (Å²) in [6.07, 6.45) is 7.54. The molecule has 0 nitrogen and oxygen atoms in total. The summed E-state index contributed by atoms with van der Waals surface area (Å²) in [4.78, 5) is 0. The fraction of sp³-hybridized carbons (Fsp3) is 0.714. The Hall–Kier alpha value is -0.780. The van der Waals surface area contributed by atoms with E-state index in [0.29, 0.717) is 0 Å². The van der Waals surface area contributed by atoms with E-state index in [1.54, 1.807) is 11.1 Å². The molecule has 0 aliphatic carbocycles. The van der Waals surface area contributed by atoms with Gasteiger partial charge in [0, 0.05) is 0 Å². The monoisotopic (exact) mass is 288 g/mol. The molecule has 3 atom stereocenters. The molecule has 1 aromatic carbocycles. The van der Waals surface area contributed by atoms with Crippen molar-refractivity contribution in [2.45, 2.75) is 80.1 Å². The van der Waals surface area contributed by atoms with E-state index in [2.05, 4.69) is 59.7 Å². The molecule has 0 aliphatic rings. The lowest BCUT2D eigenvalue weighted by atomic mass is 9.87. The van der Waals surface area contributed by atoms with Gasteiger partial charge in [0.05, 0.1) is 0 Å². The molecule has 1 aromatic rings. The van der Waals surface area contributed by atoms with Crippen molar-refractivity contribution < 1.29 is 0 Å². The number of hydrogen-bond donors (Lipinski definition) is 0. The first-order valence-electron chi connectivity index (χ1n) is 9.10. The molecule has 0 heterocycles. The van der Waals surface area contributed by atoms with Crippen LogP contribution in [0.15, 0.2) is 18.2 Å². The Labute approximate surface area is 133 Å². The average Bonchev–Trinajstić information content (AvgIpc) is 2.49. The third-order valence-corrected chi connectivity index (χ3v) is 5.08.